The van der Waals surface area contributed by atoms with E-state index in [-0.39, 0.29) is 0 Å². The third-order valence-corrected chi connectivity index (χ3v) is 3.06. The Morgan fingerprint density at radius 1 is 1.00 bits per heavy atom. The zero-order valence-corrected chi connectivity index (χ0v) is 10.0. The number of aryl methyl sites for hydroxylation is 2. The highest BCUT2D eigenvalue weighted by atomic mass is 14.9. The van der Waals surface area contributed by atoms with E-state index in [9.17, 15) is 0 Å². The number of fused-ring (bicyclic) bond motifs is 1. The third-order valence-electron chi connectivity index (χ3n) is 3.06. The van der Waals surface area contributed by atoms with Crippen molar-refractivity contribution in [1.82, 2.24) is 9.55 Å². The van der Waals surface area contributed by atoms with E-state index in [0.29, 0.717) is 0 Å². The van der Waals surface area contributed by atoms with Crippen LogP contribution in [0, 0.1) is 6.92 Å². The average molecular weight is 222 g/mol. The normalized spacial score (nSPS) is 10.9. The Hall–Kier alpha value is -2.09. The summed E-state index contributed by atoms with van der Waals surface area (Å²) < 4.78 is 2.15. The Kier molecular flexibility index (Phi) is 2.22. The summed E-state index contributed by atoms with van der Waals surface area (Å²) in [4.78, 5) is 4.59. The lowest BCUT2D eigenvalue weighted by atomic mass is 10.1. The molecule has 0 aliphatic heterocycles. The van der Waals surface area contributed by atoms with E-state index in [1.165, 1.54) is 16.5 Å². The molecule has 2 heteroatoms. The van der Waals surface area contributed by atoms with Gasteiger partial charge in [0.1, 0.15) is 0 Å². The standard InChI is InChI=1S/C15H14N2/c1-11-6-5-8-14(16-11)13-10-17(2)15-9-4-3-7-12(13)15/h3-10H,1-2H3. The molecule has 2 nitrogen and oxygen atoms in total. The summed E-state index contributed by atoms with van der Waals surface area (Å²) in [6.45, 7) is 2.02. The second-order valence-electron chi connectivity index (χ2n) is 4.34. The molecule has 0 amide bonds. The van der Waals surface area contributed by atoms with Crippen molar-refractivity contribution in [3.8, 4) is 11.3 Å². The lowest BCUT2D eigenvalue weighted by Gasteiger charge is -1.99. The fourth-order valence-corrected chi connectivity index (χ4v) is 2.24. The molecule has 1 aromatic carbocycles. The lowest BCUT2D eigenvalue weighted by molar-refractivity contribution is 0.969. The average Bonchev–Trinajstić information content (AvgIpc) is 2.68. The molecule has 0 bridgehead atoms. The molecule has 0 fully saturated rings. The molecule has 2 aromatic heterocycles. The number of para-hydroxylation sites is 1. The topological polar surface area (TPSA) is 17.8 Å². The summed E-state index contributed by atoms with van der Waals surface area (Å²) in [6, 6.07) is 14.6. The zero-order valence-electron chi connectivity index (χ0n) is 10.0. The van der Waals surface area contributed by atoms with Gasteiger partial charge in [-0.3, -0.25) is 4.98 Å². The minimum Gasteiger partial charge on any atom is -0.350 e. The summed E-state index contributed by atoms with van der Waals surface area (Å²) >= 11 is 0. The van der Waals surface area contributed by atoms with Crippen LogP contribution >= 0.6 is 0 Å². The van der Waals surface area contributed by atoms with Crippen LogP contribution in [0.3, 0.4) is 0 Å². The Bertz CT molecular complexity index is 680. The lowest BCUT2D eigenvalue weighted by Crippen LogP contribution is -1.85. The van der Waals surface area contributed by atoms with Crippen LogP contribution in [0.25, 0.3) is 22.2 Å². The first-order valence-electron chi connectivity index (χ1n) is 5.74. The quantitative estimate of drug-likeness (QED) is 0.615. The molecule has 0 spiro atoms. The van der Waals surface area contributed by atoms with Crippen molar-refractivity contribution in [3.63, 3.8) is 0 Å². The molecule has 0 saturated heterocycles. The highest BCUT2D eigenvalue weighted by molar-refractivity contribution is 5.95. The minimum absolute atomic E-state index is 1.04. The predicted octanol–water partition coefficient (Wildman–Crippen LogP) is 3.55. The van der Waals surface area contributed by atoms with Gasteiger partial charge in [-0.2, -0.15) is 0 Å². The molecule has 17 heavy (non-hydrogen) atoms. The first-order valence-corrected chi connectivity index (χ1v) is 5.74. The number of rotatable bonds is 1. The van der Waals surface area contributed by atoms with E-state index in [1.807, 2.05) is 13.0 Å². The van der Waals surface area contributed by atoms with Crippen LogP contribution in [0.1, 0.15) is 5.69 Å². The maximum Gasteiger partial charge on any atom is 0.0726 e. The van der Waals surface area contributed by atoms with Crippen molar-refractivity contribution >= 4 is 10.9 Å². The van der Waals surface area contributed by atoms with Crippen molar-refractivity contribution in [2.24, 2.45) is 7.05 Å². The van der Waals surface area contributed by atoms with Crippen molar-refractivity contribution in [2.75, 3.05) is 0 Å². The van der Waals surface area contributed by atoms with Crippen LogP contribution in [0.15, 0.2) is 48.7 Å². The Labute approximate surface area is 101 Å². The van der Waals surface area contributed by atoms with Gasteiger partial charge in [0.25, 0.3) is 0 Å². The van der Waals surface area contributed by atoms with Crippen molar-refractivity contribution in [2.45, 2.75) is 6.92 Å². The van der Waals surface area contributed by atoms with E-state index in [1.54, 1.807) is 0 Å². The summed E-state index contributed by atoms with van der Waals surface area (Å²) in [5.41, 5.74) is 4.54. The monoisotopic (exact) mass is 222 g/mol. The van der Waals surface area contributed by atoms with Gasteiger partial charge in [0.2, 0.25) is 0 Å². The largest absolute Gasteiger partial charge is 0.350 e. The van der Waals surface area contributed by atoms with E-state index in [0.717, 1.165) is 11.4 Å². The maximum atomic E-state index is 4.59. The fourth-order valence-electron chi connectivity index (χ4n) is 2.24. The number of aromatic nitrogens is 2. The molecule has 0 aliphatic carbocycles. The number of hydrogen-bond acceptors (Lipinski definition) is 1. The van der Waals surface area contributed by atoms with Crippen LogP contribution in [-0.4, -0.2) is 9.55 Å². The minimum atomic E-state index is 1.04. The molecule has 0 saturated carbocycles. The van der Waals surface area contributed by atoms with Crippen LogP contribution < -0.4 is 0 Å². The van der Waals surface area contributed by atoms with E-state index < -0.39 is 0 Å². The second-order valence-corrected chi connectivity index (χ2v) is 4.34. The predicted molar refractivity (Wildman–Crippen MR) is 70.9 cm³/mol. The molecule has 2 heterocycles. The molecular formula is C15H14N2. The number of nitrogens with zero attached hydrogens (tertiary/aromatic N) is 2. The molecule has 3 aromatic rings. The van der Waals surface area contributed by atoms with Crippen molar-refractivity contribution in [3.05, 3.63) is 54.4 Å². The van der Waals surface area contributed by atoms with Crippen LogP contribution in [-0.2, 0) is 7.05 Å². The molecule has 0 atom stereocenters. The fraction of sp³-hybridized carbons (Fsp3) is 0.133. The molecule has 0 radical (unpaired) electrons. The van der Waals surface area contributed by atoms with Gasteiger partial charge in [-0.25, -0.2) is 0 Å². The van der Waals surface area contributed by atoms with E-state index in [4.69, 9.17) is 0 Å². The molecule has 0 N–H and O–H groups in total. The smallest absolute Gasteiger partial charge is 0.0726 e. The third kappa shape index (κ3) is 1.62. The molecule has 0 aliphatic rings. The summed E-state index contributed by atoms with van der Waals surface area (Å²) in [5, 5.41) is 1.26. The number of pyridine rings is 1. The van der Waals surface area contributed by atoms with Gasteiger partial charge < -0.3 is 4.57 Å². The Balaban J connectivity index is 2.31. The second kappa shape index (κ2) is 3.74. The van der Waals surface area contributed by atoms with Gasteiger partial charge in [-0.1, -0.05) is 24.3 Å². The Morgan fingerprint density at radius 3 is 2.65 bits per heavy atom. The molecule has 0 unspecified atom stereocenters. The van der Waals surface area contributed by atoms with Gasteiger partial charge in [-0.05, 0) is 25.1 Å². The molecular weight excluding hydrogens is 208 g/mol. The van der Waals surface area contributed by atoms with Crippen molar-refractivity contribution < 1.29 is 0 Å². The maximum absolute atomic E-state index is 4.59. The van der Waals surface area contributed by atoms with Gasteiger partial charge in [0.15, 0.2) is 0 Å². The van der Waals surface area contributed by atoms with Gasteiger partial charge >= 0.3 is 0 Å². The van der Waals surface area contributed by atoms with E-state index >= 15 is 0 Å². The van der Waals surface area contributed by atoms with Gasteiger partial charge in [-0.15, -0.1) is 0 Å². The van der Waals surface area contributed by atoms with E-state index in [2.05, 4.69) is 59.2 Å². The van der Waals surface area contributed by atoms with Crippen LogP contribution in [0.2, 0.25) is 0 Å². The summed E-state index contributed by atoms with van der Waals surface area (Å²) in [6.07, 6.45) is 2.15. The molecule has 84 valence electrons. The first kappa shape index (κ1) is 10.1. The number of hydrogen-bond donors (Lipinski definition) is 0. The molecule has 3 rings (SSSR count). The zero-order chi connectivity index (χ0) is 11.8. The SMILES string of the molecule is Cc1cccc(-c2cn(C)c3ccccc23)n1. The summed E-state index contributed by atoms with van der Waals surface area (Å²) in [5.74, 6) is 0. The van der Waals surface area contributed by atoms with Crippen LogP contribution in [0.5, 0.6) is 0 Å². The number of benzene rings is 1. The van der Waals surface area contributed by atoms with Gasteiger partial charge in [0, 0.05) is 35.4 Å². The van der Waals surface area contributed by atoms with Gasteiger partial charge in [0.05, 0.1) is 5.69 Å². The highest BCUT2D eigenvalue weighted by Gasteiger charge is 2.08. The highest BCUT2D eigenvalue weighted by Crippen LogP contribution is 2.28. The van der Waals surface area contributed by atoms with Crippen molar-refractivity contribution in [1.29, 1.82) is 0 Å². The van der Waals surface area contributed by atoms with Crippen LogP contribution in [0.4, 0.5) is 0 Å². The first-order chi connectivity index (χ1) is 8.25. The summed E-state index contributed by atoms with van der Waals surface area (Å²) in [7, 11) is 2.07. The Morgan fingerprint density at radius 2 is 1.82 bits per heavy atom.